The summed E-state index contributed by atoms with van der Waals surface area (Å²) in [6.07, 6.45) is 0.838. The van der Waals surface area contributed by atoms with E-state index in [1.165, 1.54) is 10.9 Å². The standard InChI is InChI=1S/C27H31ClFN3O2/c1-15-9-18(31-12-17(13-31)26(33)34)11-21(28)23(15)25-24-20(19-7-5-6-8-22(19)30-24)10-16(2)32(25)14-27(3,4)29/h5-9,11,16-17,25,30H,10,12-14H2,1-4H3,(H,33,34)/t16-,25-/m1/s1. The van der Waals surface area contributed by atoms with Gasteiger partial charge in [-0.3, -0.25) is 9.69 Å². The van der Waals surface area contributed by atoms with Crippen molar-refractivity contribution < 1.29 is 14.3 Å². The zero-order chi connectivity index (χ0) is 24.4. The van der Waals surface area contributed by atoms with Gasteiger partial charge in [0.05, 0.1) is 12.0 Å². The summed E-state index contributed by atoms with van der Waals surface area (Å²) in [5.74, 6) is -1.10. The van der Waals surface area contributed by atoms with Gasteiger partial charge in [0.2, 0.25) is 0 Å². The summed E-state index contributed by atoms with van der Waals surface area (Å²) in [6.45, 7) is 8.71. The maximum Gasteiger partial charge on any atom is 0.310 e. The fourth-order valence-electron chi connectivity index (χ4n) is 5.61. The van der Waals surface area contributed by atoms with Crippen LogP contribution in [0.4, 0.5) is 10.1 Å². The van der Waals surface area contributed by atoms with Crippen LogP contribution in [0.2, 0.25) is 5.02 Å². The molecule has 5 rings (SSSR count). The van der Waals surface area contributed by atoms with Gasteiger partial charge in [-0.05, 0) is 69.0 Å². The van der Waals surface area contributed by atoms with Gasteiger partial charge < -0.3 is 15.0 Å². The lowest BCUT2D eigenvalue weighted by Gasteiger charge is -2.44. The largest absolute Gasteiger partial charge is 0.481 e. The van der Waals surface area contributed by atoms with Crippen molar-refractivity contribution in [2.75, 3.05) is 24.5 Å². The van der Waals surface area contributed by atoms with E-state index in [0.29, 0.717) is 18.1 Å². The number of rotatable bonds is 5. The quantitative estimate of drug-likeness (QED) is 0.486. The summed E-state index contributed by atoms with van der Waals surface area (Å²) in [5.41, 5.74) is 5.00. The highest BCUT2D eigenvalue weighted by Crippen LogP contribution is 2.45. The average Bonchev–Trinajstić information content (AvgIpc) is 3.05. The van der Waals surface area contributed by atoms with Gasteiger partial charge in [0.1, 0.15) is 5.67 Å². The van der Waals surface area contributed by atoms with Crippen LogP contribution in [0, 0.1) is 12.8 Å². The second-order valence-electron chi connectivity index (χ2n) is 10.5. The number of alkyl halides is 1. The molecule has 1 saturated heterocycles. The van der Waals surface area contributed by atoms with Crippen molar-refractivity contribution in [3.63, 3.8) is 0 Å². The molecule has 2 aromatic carbocycles. The number of hydrogen-bond acceptors (Lipinski definition) is 3. The Morgan fingerprint density at radius 2 is 1.97 bits per heavy atom. The third-order valence-electron chi connectivity index (χ3n) is 7.27. The van der Waals surface area contributed by atoms with Crippen LogP contribution in [0.3, 0.4) is 0 Å². The molecule has 3 heterocycles. The van der Waals surface area contributed by atoms with E-state index in [0.717, 1.165) is 34.4 Å². The summed E-state index contributed by atoms with van der Waals surface area (Å²) < 4.78 is 15.0. The van der Waals surface area contributed by atoms with Gasteiger partial charge in [-0.2, -0.15) is 0 Å². The number of carbonyl (C=O) groups is 1. The summed E-state index contributed by atoms with van der Waals surface area (Å²) in [6, 6.07) is 12.2. The first-order chi connectivity index (χ1) is 16.0. The van der Waals surface area contributed by atoms with Crippen molar-refractivity contribution in [1.29, 1.82) is 0 Å². The predicted octanol–water partition coefficient (Wildman–Crippen LogP) is 5.73. The van der Waals surface area contributed by atoms with Crippen LogP contribution in [0.15, 0.2) is 36.4 Å². The molecular formula is C27H31ClFN3O2. The maximum absolute atomic E-state index is 15.0. The first kappa shape index (κ1) is 23.2. The lowest BCUT2D eigenvalue weighted by Crippen LogP contribution is -2.50. The van der Waals surface area contributed by atoms with Gasteiger partial charge in [-0.1, -0.05) is 29.8 Å². The number of benzene rings is 2. The number of aromatic nitrogens is 1. The van der Waals surface area contributed by atoms with Crippen molar-refractivity contribution >= 4 is 34.2 Å². The van der Waals surface area contributed by atoms with E-state index < -0.39 is 11.6 Å². The summed E-state index contributed by atoms with van der Waals surface area (Å²) in [7, 11) is 0. The molecule has 7 heteroatoms. The van der Waals surface area contributed by atoms with Gasteiger partial charge in [0.25, 0.3) is 0 Å². The van der Waals surface area contributed by atoms with Crippen molar-refractivity contribution in [3.05, 3.63) is 63.8 Å². The first-order valence-electron chi connectivity index (χ1n) is 11.9. The first-order valence-corrected chi connectivity index (χ1v) is 12.2. The second-order valence-corrected chi connectivity index (χ2v) is 10.9. The highest BCUT2D eigenvalue weighted by molar-refractivity contribution is 6.32. The number of aryl methyl sites for hydroxylation is 1. The molecule has 5 nitrogen and oxygen atoms in total. The number of halogens is 2. The minimum absolute atomic E-state index is 0.133. The van der Waals surface area contributed by atoms with Crippen LogP contribution in [0.5, 0.6) is 0 Å². The van der Waals surface area contributed by atoms with Gasteiger partial charge in [-0.15, -0.1) is 0 Å². The van der Waals surface area contributed by atoms with Crippen LogP contribution in [-0.2, 0) is 11.2 Å². The zero-order valence-corrected chi connectivity index (χ0v) is 20.8. The van der Waals surface area contributed by atoms with E-state index in [2.05, 4.69) is 41.1 Å². The Labute approximate surface area is 204 Å². The topological polar surface area (TPSA) is 59.6 Å². The van der Waals surface area contributed by atoms with Crippen molar-refractivity contribution in [2.24, 2.45) is 5.92 Å². The Morgan fingerprint density at radius 1 is 1.26 bits per heavy atom. The number of para-hydroxylation sites is 1. The molecule has 0 aliphatic carbocycles. The molecule has 2 aliphatic heterocycles. The van der Waals surface area contributed by atoms with Gasteiger partial charge in [-0.25, -0.2) is 4.39 Å². The smallest absolute Gasteiger partial charge is 0.310 e. The van der Waals surface area contributed by atoms with E-state index in [9.17, 15) is 9.90 Å². The molecule has 0 amide bonds. The van der Waals surface area contributed by atoms with Crippen LogP contribution >= 0.6 is 11.6 Å². The number of H-pyrrole nitrogens is 1. The van der Waals surface area contributed by atoms with Gasteiger partial charge >= 0.3 is 5.97 Å². The molecule has 2 aliphatic rings. The zero-order valence-electron chi connectivity index (χ0n) is 20.0. The fourth-order valence-corrected chi connectivity index (χ4v) is 5.97. The Morgan fingerprint density at radius 3 is 2.62 bits per heavy atom. The Hall–Kier alpha value is -2.57. The molecule has 0 bridgehead atoms. The SMILES string of the molecule is Cc1cc(N2CC(C(=O)O)C2)cc(Cl)c1[C@@H]1c2[nH]c3ccccc3c2C[C@@H](C)N1CC(C)(C)F. The molecule has 2 atom stereocenters. The normalized spacial score (nSPS) is 21.5. The number of nitrogens with one attached hydrogen (secondary N) is 1. The van der Waals surface area contributed by atoms with Gasteiger partial charge in [0, 0.05) is 53.0 Å². The maximum atomic E-state index is 15.0. The number of nitrogens with zero attached hydrogens (tertiary/aromatic N) is 2. The van der Waals surface area contributed by atoms with E-state index in [1.54, 1.807) is 13.8 Å². The lowest BCUT2D eigenvalue weighted by atomic mass is 9.85. The highest BCUT2D eigenvalue weighted by atomic mass is 35.5. The summed E-state index contributed by atoms with van der Waals surface area (Å²) in [5, 5.41) is 11.1. The summed E-state index contributed by atoms with van der Waals surface area (Å²) in [4.78, 5) is 19.1. The molecule has 0 spiro atoms. The van der Waals surface area contributed by atoms with Crippen LogP contribution in [-0.4, -0.2) is 52.3 Å². The number of hydrogen-bond donors (Lipinski definition) is 2. The highest BCUT2D eigenvalue weighted by Gasteiger charge is 2.40. The molecule has 1 fully saturated rings. The van der Waals surface area contributed by atoms with Crippen molar-refractivity contribution in [3.8, 4) is 0 Å². The Kier molecular flexibility index (Phi) is 5.64. The van der Waals surface area contributed by atoms with Crippen molar-refractivity contribution in [1.82, 2.24) is 9.88 Å². The molecule has 34 heavy (non-hydrogen) atoms. The number of aliphatic carboxylic acids is 1. The number of aromatic amines is 1. The monoisotopic (exact) mass is 483 g/mol. The lowest BCUT2D eigenvalue weighted by molar-refractivity contribution is -0.142. The molecular weight excluding hydrogens is 453 g/mol. The van der Waals surface area contributed by atoms with E-state index in [-0.39, 0.29) is 24.5 Å². The number of carboxylic acid groups (broad SMARTS) is 1. The number of anilines is 1. The number of fused-ring (bicyclic) bond motifs is 3. The molecule has 180 valence electrons. The number of carboxylic acids is 1. The third-order valence-corrected chi connectivity index (χ3v) is 7.58. The molecule has 0 saturated carbocycles. The third kappa shape index (κ3) is 3.97. The minimum Gasteiger partial charge on any atom is -0.481 e. The van der Waals surface area contributed by atoms with E-state index in [4.69, 9.17) is 11.6 Å². The second kappa shape index (κ2) is 8.28. The van der Waals surface area contributed by atoms with Gasteiger partial charge in [0.15, 0.2) is 0 Å². The minimum atomic E-state index is -1.36. The molecule has 0 radical (unpaired) electrons. The van der Waals surface area contributed by atoms with E-state index >= 15 is 4.39 Å². The average molecular weight is 484 g/mol. The van der Waals surface area contributed by atoms with E-state index in [1.807, 2.05) is 24.0 Å². The van der Waals surface area contributed by atoms with Crippen LogP contribution in [0.1, 0.15) is 49.2 Å². The molecule has 3 aromatic rings. The fraction of sp³-hybridized carbons (Fsp3) is 0.444. The molecule has 2 N–H and O–H groups in total. The van der Waals surface area contributed by atoms with Crippen LogP contribution in [0.25, 0.3) is 10.9 Å². The van der Waals surface area contributed by atoms with Crippen LogP contribution < -0.4 is 4.90 Å². The van der Waals surface area contributed by atoms with Crippen molar-refractivity contribution in [2.45, 2.75) is 51.9 Å². The Bertz CT molecular complexity index is 1240. The molecule has 0 unspecified atom stereocenters. The predicted molar refractivity (Wildman–Crippen MR) is 135 cm³/mol. The Balaban J connectivity index is 1.61. The summed E-state index contributed by atoms with van der Waals surface area (Å²) >= 11 is 6.96. The molecule has 1 aromatic heterocycles.